The van der Waals surface area contributed by atoms with Crippen molar-refractivity contribution in [1.29, 1.82) is 0 Å². The standard InChI is InChI=1S/C14H19BrN2O/c1-9-4-3-5-10(2)17(9)14(18)11-6-7-12(15)13(16)8-11/h6-10H,3-5,16H2,1-2H3/t9-,10-/m0/s1. The fourth-order valence-corrected chi connectivity index (χ4v) is 2.89. The Bertz CT molecular complexity index is 451. The van der Waals surface area contributed by atoms with Crippen LogP contribution in [0.15, 0.2) is 22.7 Å². The minimum absolute atomic E-state index is 0.0916. The zero-order chi connectivity index (χ0) is 13.3. The maximum Gasteiger partial charge on any atom is 0.254 e. The quantitative estimate of drug-likeness (QED) is 0.808. The molecule has 0 saturated carbocycles. The molecule has 98 valence electrons. The van der Waals surface area contributed by atoms with Gasteiger partial charge in [0.05, 0.1) is 0 Å². The Balaban J connectivity index is 2.26. The summed E-state index contributed by atoms with van der Waals surface area (Å²) in [6, 6.07) is 6.04. The molecule has 0 aliphatic carbocycles. The first-order chi connectivity index (χ1) is 8.50. The van der Waals surface area contributed by atoms with Crippen molar-refractivity contribution in [2.45, 2.75) is 45.2 Å². The van der Waals surface area contributed by atoms with Crippen LogP contribution in [0.25, 0.3) is 0 Å². The van der Waals surface area contributed by atoms with Crippen molar-refractivity contribution in [3.63, 3.8) is 0 Å². The molecule has 0 aromatic heterocycles. The lowest BCUT2D eigenvalue weighted by Gasteiger charge is -2.39. The lowest BCUT2D eigenvalue weighted by atomic mass is 9.96. The van der Waals surface area contributed by atoms with Gasteiger partial charge in [-0.1, -0.05) is 0 Å². The van der Waals surface area contributed by atoms with Crippen LogP contribution in [0, 0.1) is 0 Å². The van der Waals surface area contributed by atoms with E-state index >= 15 is 0 Å². The summed E-state index contributed by atoms with van der Waals surface area (Å²) < 4.78 is 0.832. The molecule has 0 bridgehead atoms. The van der Waals surface area contributed by atoms with Crippen molar-refractivity contribution < 1.29 is 4.79 Å². The number of hydrogen-bond acceptors (Lipinski definition) is 2. The molecule has 1 fully saturated rings. The van der Waals surface area contributed by atoms with Gasteiger partial charge in [0.25, 0.3) is 5.91 Å². The number of halogens is 1. The molecule has 1 aliphatic heterocycles. The van der Waals surface area contributed by atoms with E-state index in [1.165, 1.54) is 6.42 Å². The first-order valence-corrected chi connectivity index (χ1v) is 7.17. The highest BCUT2D eigenvalue weighted by Crippen LogP contribution is 2.26. The third kappa shape index (κ3) is 2.53. The highest BCUT2D eigenvalue weighted by molar-refractivity contribution is 9.10. The summed E-state index contributed by atoms with van der Waals surface area (Å²) in [6.45, 7) is 4.24. The Morgan fingerprint density at radius 2 is 1.94 bits per heavy atom. The molecule has 1 aromatic rings. The van der Waals surface area contributed by atoms with Crippen LogP contribution < -0.4 is 5.73 Å². The SMILES string of the molecule is C[C@H]1CCC[C@H](C)N1C(=O)c1ccc(Br)c(N)c1. The lowest BCUT2D eigenvalue weighted by Crippen LogP contribution is -2.47. The van der Waals surface area contributed by atoms with E-state index in [0.29, 0.717) is 23.3 Å². The highest BCUT2D eigenvalue weighted by atomic mass is 79.9. The van der Waals surface area contributed by atoms with Gasteiger partial charge in [0.15, 0.2) is 0 Å². The van der Waals surface area contributed by atoms with E-state index in [9.17, 15) is 4.79 Å². The molecule has 1 saturated heterocycles. The minimum atomic E-state index is 0.0916. The van der Waals surface area contributed by atoms with Gasteiger partial charge in [0.2, 0.25) is 0 Å². The van der Waals surface area contributed by atoms with Crippen molar-refractivity contribution in [3.05, 3.63) is 28.2 Å². The number of benzene rings is 1. The molecule has 2 atom stereocenters. The van der Waals surface area contributed by atoms with Gasteiger partial charge in [-0.2, -0.15) is 0 Å². The number of nitrogen functional groups attached to an aromatic ring is 1. The molecule has 2 N–H and O–H groups in total. The summed E-state index contributed by atoms with van der Waals surface area (Å²) in [6.07, 6.45) is 3.37. The first kappa shape index (κ1) is 13.4. The predicted molar refractivity (Wildman–Crippen MR) is 77.5 cm³/mol. The van der Waals surface area contributed by atoms with Crippen molar-refractivity contribution in [2.75, 3.05) is 5.73 Å². The summed E-state index contributed by atoms with van der Waals surface area (Å²) >= 11 is 3.35. The normalized spacial score (nSPS) is 24.1. The number of carbonyl (C=O) groups is 1. The molecule has 1 amide bonds. The van der Waals surface area contributed by atoms with Gasteiger partial charge in [-0.25, -0.2) is 0 Å². The number of anilines is 1. The van der Waals surface area contributed by atoms with Gasteiger partial charge in [0, 0.05) is 27.8 Å². The van der Waals surface area contributed by atoms with Crippen LogP contribution >= 0.6 is 15.9 Å². The molecule has 18 heavy (non-hydrogen) atoms. The first-order valence-electron chi connectivity index (χ1n) is 6.38. The zero-order valence-corrected chi connectivity index (χ0v) is 12.4. The zero-order valence-electron chi connectivity index (χ0n) is 10.8. The summed E-state index contributed by atoms with van der Waals surface area (Å²) in [7, 11) is 0. The second-order valence-electron chi connectivity index (χ2n) is 5.08. The van der Waals surface area contributed by atoms with Crippen LogP contribution in [0.3, 0.4) is 0 Å². The fraction of sp³-hybridized carbons (Fsp3) is 0.500. The molecule has 1 heterocycles. The highest BCUT2D eigenvalue weighted by Gasteiger charge is 2.29. The molecule has 0 unspecified atom stereocenters. The van der Waals surface area contributed by atoms with Crippen LogP contribution in [-0.2, 0) is 0 Å². The lowest BCUT2D eigenvalue weighted by molar-refractivity contribution is 0.0511. The molecule has 2 rings (SSSR count). The number of likely N-dealkylation sites (tertiary alicyclic amines) is 1. The Kier molecular flexibility index (Phi) is 3.95. The Hall–Kier alpha value is -1.03. The molecule has 0 spiro atoms. The fourth-order valence-electron chi connectivity index (χ4n) is 2.65. The Labute approximate surface area is 116 Å². The van der Waals surface area contributed by atoms with Gasteiger partial charge < -0.3 is 10.6 Å². The predicted octanol–water partition coefficient (Wildman–Crippen LogP) is 3.43. The second kappa shape index (κ2) is 5.31. The number of rotatable bonds is 1. The summed E-state index contributed by atoms with van der Waals surface area (Å²) in [5.41, 5.74) is 7.13. The number of piperidine rings is 1. The molecule has 1 aliphatic rings. The van der Waals surface area contributed by atoms with E-state index < -0.39 is 0 Å². The molecule has 4 heteroatoms. The topological polar surface area (TPSA) is 46.3 Å². The second-order valence-corrected chi connectivity index (χ2v) is 5.93. The number of nitrogens with two attached hydrogens (primary N) is 1. The van der Waals surface area contributed by atoms with E-state index in [2.05, 4.69) is 29.8 Å². The van der Waals surface area contributed by atoms with Crippen LogP contribution in [0.1, 0.15) is 43.5 Å². The smallest absolute Gasteiger partial charge is 0.254 e. The summed E-state index contributed by atoms with van der Waals surface area (Å²) in [5, 5.41) is 0. The molecule has 0 radical (unpaired) electrons. The largest absolute Gasteiger partial charge is 0.398 e. The number of amides is 1. The summed E-state index contributed by atoms with van der Waals surface area (Å²) in [5.74, 6) is 0.0916. The Morgan fingerprint density at radius 1 is 1.33 bits per heavy atom. The van der Waals surface area contributed by atoms with E-state index in [0.717, 1.165) is 17.3 Å². The van der Waals surface area contributed by atoms with Gasteiger partial charge in [0.1, 0.15) is 0 Å². The van der Waals surface area contributed by atoms with E-state index in [4.69, 9.17) is 5.73 Å². The van der Waals surface area contributed by atoms with Gasteiger partial charge in [-0.15, -0.1) is 0 Å². The van der Waals surface area contributed by atoms with Crippen molar-refractivity contribution >= 4 is 27.5 Å². The maximum absolute atomic E-state index is 12.5. The van der Waals surface area contributed by atoms with Gasteiger partial charge in [-0.3, -0.25) is 4.79 Å². The van der Waals surface area contributed by atoms with Crippen molar-refractivity contribution in [2.24, 2.45) is 0 Å². The van der Waals surface area contributed by atoms with Gasteiger partial charge in [-0.05, 0) is 67.2 Å². The minimum Gasteiger partial charge on any atom is -0.398 e. The number of carbonyl (C=O) groups excluding carboxylic acids is 1. The average molecular weight is 311 g/mol. The third-order valence-electron chi connectivity index (χ3n) is 3.67. The van der Waals surface area contributed by atoms with Gasteiger partial charge >= 0.3 is 0 Å². The molecule has 1 aromatic carbocycles. The van der Waals surface area contributed by atoms with Crippen molar-refractivity contribution in [3.8, 4) is 0 Å². The van der Waals surface area contributed by atoms with Crippen LogP contribution in [0.5, 0.6) is 0 Å². The molecule has 3 nitrogen and oxygen atoms in total. The van der Waals surface area contributed by atoms with Crippen molar-refractivity contribution in [1.82, 2.24) is 4.90 Å². The number of hydrogen-bond donors (Lipinski definition) is 1. The van der Waals surface area contributed by atoms with E-state index in [1.807, 2.05) is 17.0 Å². The molecular weight excluding hydrogens is 292 g/mol. The van der Waals surface area contributed by atoms with Crippen LogP contribution in [-0.4, -0.2) is 22.9 Å². The maximum atomic E-state index is 12.5. The van der Waals surface area contributed by atoms with Crippen LogP contribution in [0.4, 0.5) is 5.69 Å². The third-order valence-corrected chi connectivity index (χ3v) is 4.39. The van der Waals surface area contributed by atoms with E-state index in [-0.39, 0.29) is 5.91 Å². The number of nitrogens with zero attached hydrogens (tertiary/aromatic N) is 1. The average Bonchev–Trinajstić information content (AvgIpc) is 2.32. The Morgan fingerprint density at radius 3 is 2.50 bits per heavy atom. The van der Waals surface area contributed by atoms with E-state index in [1.54, 1.807) is 6.07 Å². The summed E-state index contributed by atoms with van der Waals surface area (Å²) in [4.78, 5) is 14.5. The molecular formula is C14H19BrN2O. The monoisotopic (exact) mass is 310 g/mol. The van der Waals surface area contributed by atoms with Crippen LogP contribution in [0.2, 0.25) is 0 Å².